The highest BCUT2D eigenvalue weighted by atomic mass is 32.1. The van der Waals surface area contributed by atoms with Crippen molar-refractivity contribution in [1.29, 1.82) is 0 Å². The number of benzene rings is 1. The van der Waals surface area contributed by atoms with Gasteiger partial charge in [-0.2, -0.15) is 0 Å². The molecule has 0 radical (unpaired) electrons. The molecular weight excluding hydrogens is 416 g/mol. The van der Waals surface area contributed by atoms with E-state index in [1.54, 1.807) is 23.5 Å². The topological polar surface area (TPSA) is 73.2 Å². The van der Waals surface area contributed by atoms with Crippen LogP contribution in [-0.4, -0.2) is 43.9 Å². The lowest BCUT2D eigenvalue weighted by atomic mass is 9.94. The average Bonchev–Trinajstić information content (AvgIpc) is 3.52. The molecule has 0 spiro atoms. The summed E-state index contributed by atoms with van der Waals surface area (Å²) in [5.41, 5.74) is 3.37. The molecule has 1 N–H and O–H groups in total. The van der Waals surface area contributed by atoms with Crippen molar-refractivity contribution in [2.45, 2.75) is 19.9 Å². The van der Waals surface area contributed by atoms with Crippen LogP contribution in [0.15, 0.2) is 41.0 Å². The standard InChI is InChI=1S/C23H24N2O5S/c1-14-15(2)31-23(24-22(26)18-4-3-9-28-18)20(14)21(25-7-10-27-11-8-25)16-5-6-17-19(12-16)30-13-29-17/h3-6,9,12,21H,7-8,10-11,13H2,1-2H3,(H,24,26). The zero-order valence-electron chi connectivity index (χ0n) is 17.5. The highest BCUT2D eigenvalue weighted by Gasteiger charge is 2.32. The SMILES string of the molecule is Cc1sc(NC(=O)c2ccco2)c(C(c2ccc3c(c2)OCO3)N2CCOCC2)c1C. The number of morpholine rings is 1. The number of nitrogens with zero attached hydrogens (tertiary/aromatic N) is 1. The van der Waals surface area contributed by atoms with E-state index in [1.165, 1.54) is 16.7 Å². The van der Waals surface area contributed by atoms with Gasteiger partial charge in [-0.15, -0.1) is 11.3 Å². The number of anilines is 1. The predicted octanol–water partition coefficient (Wildman–Crippen LogP) is 4.36. The Morgan fingerprint density at radius 2 is 1.94 bits per heavy atom. The lowest BCUT2D eigenvalue weighted by molar-refractivity contribution is 0.0240. The van der Waals surface area contributed by atoms with Crippen LogP contribution in [0, 0.1) is 13.8 Å². The highest BCUT2D eigenvalue weighted by Crippen LogP contribution is 2.44. The van der Waals surface area contributed by atoms with E-state index in [2.05, 4.69) is 30.1 Å². The minimum atomic E-state index is -0.251. The number of amides is 1. The number of carbonyl (C=O) groups is 1. The summed E-state index contributed by atoms with van der Waals surface area (Å²) in [6.07, 6.45) is 1.50. The van der Waals surface area contributed by atoms with Crippen molar-refractivity contribution in [2.24, 2.45) is 0 Å². The van der Waals surface area contributed by atoms with E-state index in [-0.39, 0.29) is 18.7 Å². The van der Waals surface area contributed by atoms with E-state index in [0.717, 1.165) is 40.7 Å². The van der Waals surface area contributed by atoms with Crippen LogP contribution in [-0.2, 0) is 4.74 Å². The fourth-order valence-corrected chi connectivity index (χ4v) is 5.21. The maximum atomic E-state index is 12.8. The molecule has 1 aromatic carbocycles. The Labute approximate surface area is 184 Å². The Morgan fingerprint density at radius 1 is 1.13 bits per heavy atom. The summed E-state index contributed by atoms with van der Waals surface area (Å²) >= 11 is 1.59. The molecule has 0 saturated carbocycles. The van der Waals surface area contributed by atoms with Crippen LogP contribution in [0.2, 0.25) is 0 Å². The fourth-order valence-electron chi connectivity index (χ4n) is 4.12. The fraction of sp³-hybridized carbons (Fsp3) is 0.348. The zero-order chi connectivity index (χ0) is 21.4. The molecule has 31 heavy (non-hydrogen) atoms. The molecule has 1 atom stereocenters. The molecular formula is C23H24N2O5S. The summed E-state index contributed by atoms with van der Waals surface area (Å²) in [4.78, 5) is 16.3. The number of thiophene rings is 1. The molecule has 5 rings (SSSR count). The third-order valence-corrected chi connectivity index (χ3v) is 6.94. The average molecular weight is 441 g/mol. The van der Waals surface area contributed by atoms with E-state index in [4.69, 9.17) is 18.6 Å². The van der Waals surface area contributed by atoms with Crippen LogP contribution >= 0.6 is 11.3 Å². The maximum Gasteiger partial charge on any atom is 0.291 e. The van der Waals surface area contributed by atoms with Gasteiger partial charge in [-0.25, -0.2) is 0 Å². The number of furan rings is 1. The number of rotatable bonds is 5. The van der Waals surface area contributed by atoms with Crippen molar-refractivity contribution >= 4 is 22.2 Å². The van der Waals surface area contributed by atoms with Gasteiger partial charge in [0.2, 0.25) is 6.79 Å². The molecule has 1 saturated heterocycles. The van der Waals surface area contributed by atoms with Crippen LogP contribution in [0.5, 0.6) is 11.5 Å². The number of nitrogens with one attached hydrogen (secondary N) is 1. The maximum absolute atomic E-state index is 12.8. The van der Waals surface area contributed by atoms with Crippen molar-refractivity contribution in [1.82, 2.24) is 4.90 Å². The Kier molecular flexibility index (Phi) is 5.43. The second-order valence-electron chi connectivity index (χ2n) is 7.62. The lowest BCUT2D eigenvalue weighted by Gasteiger charge is -2.35. The van der Waals surface area contributed by atoms with Crippen molar-refractivity contribution in [3.63, 3.8) is 0 Å². The minimum absolute atomic E-state index is 0.0461. The third kappa shape index (κ3) is 3.82. The van der Waals surface area contributed by atoms with Crippen LogP contribution in [0.25, 0.3) is 0 Å². The number of hydrogen-bond acceptors (Lipinski definition) is 7. The Bertz CT molecular complexity index is 1090. The van der Waals surface area contributed by atoms with Gasteiger partial charge in [-0.3, -0.25) is 9.69 Å². The van der Waals surface area contributed by atoms with Crippen molar-refractivity contribution < 1.29 is 23.4 Å². The molecule has 2 aromatic heterocycles. The molecule has 3 aromatic rings. The summed E-state index contributed by atoms with van der Waals surface area (Å²) in [6.45, 7) is 7.40. The number of fused-ring (bicyclic) bond motifs is 1. The second-order valence-corrected chi connectivity index (χ2v) is 8.85. The zero-order valence-corrected chi connectivity index (χ0v) is 18.3. The van der Waals surface area contributed by atoms with Gasteiger partial charge in [0.15, 0.2) is 17.3 Å². The summed E-state index contributed by atoms with van der Waals surface area (Å²) in [5, 5.41) is 3.93. The summed E-state index contributed by atoms with van der Waals surface area (Å²) < 4.78 is 22.1. The molecule has 2 aliphatic heterocycles. The van der Waals surface area contributed by atoms with Gasteiger partial charge in [0.05, 0.1) is 25.5 Å². The quantitative estimate of drug-likeness (QED) is 0.636. The molecule has 0 aliphatic carbocycles. The van der Waals surface area contributed by atoms with Crippen LogP contribution < -0.4 is 14.8 Å². The summed E-state index contributed by atoms with van der Waals surface area (Å²) in [5.74, 6) is 1.55. The molecule has 1 unspecified atom stereocenters. The monoisotopic (exact) mass is 440 g/mol. The first-order valence-electron chi connectivity index (χ1n) is 10.3. The summed E-state index contributed by atoms with van der Waals surface area (Å²) in [7, 11) is 0. The van der Waals surface area contributed by atoms with E-state index < -0.39 is 0 Å². The smallest absolute Gasteiger partial charge is 0.291 e. The van der Waals surface area contributed by atoms with Crippen LogP contribution in [0.3, 0.4) is 0 Å². The van der Waals surface area contributed by atoms with Gasteiger partial charge in [0, 0.05) is 23.5 Å². The van der Waals surface area contributed by atoms with Crippen molar-refractivity contribution in [3.8, 4) is 11.5 Å². The number of hydrogen-bond donors (Lipinski definition) is 1. The largest absolute Gasteiger partial charge is 0.459 e. The van der Waals surface area contributed by atoms with Crippen molar-refractivity contribution in [2.75, 3.05) is 38.4 Å². The van der Waals surface area contributed by atoms with Gasteiger partial charge in [-0.05, 0) is 49.2 Å². The van der Waals surface area contributed by atoms with Gasteiger partial charge in [0.25, 0.3) is 5.91 Å². The van der Waals surface area contributed by atoms with E-state index >= 15 is 0 Å². The van der Waals surface area contributed by atoms with Gasteiger partial charge in [0.1, 0.15) is 5.00 Å². The van der Waals surface area contributed by atoms with Crippen LogP contribution in [0.4, 0.5) is 5.00 Å². The molecule has 7 nitrogen and oxygen atoms in total. The van der Waals surface area contributed by atoms with E-state index in [0.29, 0.717) is 19.0 Å². The Hall–Kier alpha value is -2.81. The minimum Gasteiger partial charge on any atom is -0.459 e. The second kappa shape index (κ2) is 8.37. The van der Waals surface area contributed by atoms with Crippen molar-refractivity contribution in [3.05, 3.63) is 63.9 Å². The molecule has 8 heteroatoms. The molecule has 1 fully saturated rings. The molecule has 0 bridgehead atoms. The lowest BCUT2D eigenvalue weighted by Crippen LogP contribution is -2.39. The number of aryl methyl sites for hydroxylation is 1. The highest BCUT2D eigenvalue weighted by molar-refractivity contribution is 7.16. The molecule has 162 valence electrons. The first-order chi connectivity index (χ1) is 15.1. The third-order valence-electron chi connectivity index (χ3n) is 5.80. The van der Waals surface area contributed by atoms with Gasteiger partial charge in [-0.1, -0.05) is 6.07 Å². The van der Waals surface area contributed by atoms with Gasteiger partial charge < -0.3 is 23.9 Å². The molecule has 4 heterocycles. The number of carbonyl (C=O) groups excluding carboxylic acids is 1. The predicted molar refractivity (Wildman–Crippen MR) is 117 cm³/mol. The Morgan fingerprint density at radius 3 is 2.71 bits per heavy atom. The Balaban J connectivity index is 1.58. The molecule has 2 aliphatic rings. The molecule has 1 amide bonds. The summed E-state index contributed by atoms with van der Waals surface area (Å²) in [6, 6.07) is 9.42. The van der Waals surface area contributed by atoms with Crippen LogP contribution in [0.1, 0.15) is 38.2 Å². The van der Waals surface area contributed by atoms with E-state index in [9.17, 15) is 4.79 Å². The van der Waals surface area contributed by atoms with E-state index in [1.807, 2.05) is 12.1 Å². The first kappa shape index (κ1) is 20.1. The van der Waals surface area contributed by atoms with Gasteiger partial charge >= 0.3 is 0 Å². The normalized spacial score (nSPS) is 17.0. The number of ether oxygens (including phenoxy) is 3. The first-order valence-corrected chi connectivity index (χ1v) is 11.1.